The molecular weight excluding hydrogens is 337 g/mol. The molecule has 1 aliphatic heterocycles. The van der Waals surface area contributed by atoms with Gasteiger partial charge in [0.2, 0.25) is 0 Å². The van der Waals surface area contributed by atoms with Gasteiger partial charge < -0.3 is 10.4 Å². The Bertz CT molecular complexity index is 781. The molecule has 7 heteroatoms. The van der Waals surface area contributed by atoms with Crippen LogP contribution in [0, 0.1) is 12.7 Å². The molecule has 0 radical (unpaired) electrons. The summed E-state index contributed by atoms with van der Waals surface area (Å²) in [5.74, 6) is -0.307. The topological polar surface area (TPSA) is 66.4 Å². The second-order valence-electron chi connectivity index (χ2n) is 5.65. The van der Waals surface area contributed by atoms with Crippen molar-refractivity contribution < 1.29 is 19.1 Å². The zero-order chi connectivity index (χ0) is 16.6. The lowest BCUT2D eigenvalue weighted by Gasteiger charge is -2.33. The van der Waals surface area contributed by atoms with Crippen LogP contribution in [-0.2, 0) is 4.79 Å². The van der Waals surface area contributed by atoms with E-state index in [0.29, 0.717) is 33.9 Å². The smallest absolute Gasteiger partial charge is 0.329 e. The number of amides is 1. The van der Waals surface area contributed by atoms with Gasteiger partial charge in [0.25, 0.3) is 5.91 Å². The van der Waals surface area contributed by atoms with Crippen molar-refractivity contribution in [1.29, 1.82) is 0 Å². The molecule has 0 atom stereocenters. The minimum absolute atomic E-state index is 0.350. The van der Waals surface area contributed by atoms with Crippen LogP contribution in [-0.4, -0.2) is 34.0 Å². The van der Waals surface area contributed by atoms with Crippen LogP contribution in [0.3, 0.4) is 0 Å². The number of fused-ring (bicyclic) bond motifs is 1. The molecular formula is C16H16FNO3S2. The van der Waals surface area contributed by atoms with Gasteiger partial charge in [-0.3, -0.25) is 4.79 Å². The number of aryl methyl sites for hydroxylation is 1. The van der Waals surface area contributed by atoms with Gasteiger partial charge in [-0.2, -0.15) is 11.8 Å². The lowest BCUT2D eigenvalue weighted by Crippen LogP contribution is -2.56. The number of carbonyl (C=O) groups is 2. The Kier molecular flexibility index (Phi) is 4.33. The maximum atomic E-state index is 13.3. The Morgan fingerprint density at radius 2 is 2.00 bits per heavy atom. The summed E-state index contributed by atoms with van der Waals surface area (Å²) in [4.78, 5) is 24.8. The Morgan fingerprint density at radius 3 is 2.65 bits per heavy atom. The minimum atomic E-state index is -1.20. The molecule has 0 spiro atoms. The zero-order valence-electron chi connectivity index (χ0n) is 12.5. The average Bonchev–Trinajstić information content (AvgIpc) is 2.84. The summed E-state index contributed by atoms with van der Waals surface area (Å²) in [7, 11) is 0. The van der Waals surface area contributed by atoms with Crippen LogP contribution in [0.25, 0.3) is 10.1 Å². The predicted molar refractivity (Wildman–Crippen MR) is 90.9 cm³/mol. The fraction of sp³-hybridized carbons (Fsp3) is 0.375. The number of thioether (sulfide) groups is 1. The molecule has 1 aromatic carbocycles. The molecule has 2 N–H and O–H groups in total. The fourth-order valence-corrected chi connectivity index (χ4v) is 5.12. The lowest BCUT2D eigenvalue weighted by molar-refractivity contribution is -0.144. The summed E-state index contributed by atoms with van der Waals surface area (Å²) in [5.41, 5.74) is -0.441. The first-order valence-electron chi connectivity index (χ1n) is 7.25. The van der Waals surface area contributed by atoms with Gasteiger partial charge in [-0.05, 0) is 54.4 Å². The van der Waals surface area contributed by atoms with Crippen LogP contribution in [0.1, 0.15) is 28.1 Å². The molecule has 1 aliphatic rings. The van der Waals surface area contributed by atoms with Crippen molar-refractivity contribution in [3.8, 4) is 0 Å². The molecule has 1 aromatic heterocycles. The van der Waals surface area contributed by atoms with Crippen LogP contribution in [0.15, 0.2) is 18.2 Å². The van der Waals surface area contributed by atoms with Gasteiger partial charge in [-0.1, -0.05) is 6.07 Å². The molecule has 2 heterocycles. The Morgan fingerprint density at radius 1 is 1.30 bits per heavy atom. The first-order chi connectivity index (χ1) is 10.9. The molecule has 4 nitrogen and oxygen atoms in total. The van der Waals surface area contributed by atoms with Crippen LogP contribution >= 0.6 is 23.1 Å². The third-order valence-corrected chi connectivity index (χ3v) is 6.45. The van der Waals surface area contributed by atoms with E-state index in [1.165, 1.54) is 23.5 Å². The van der Waals surface area contributed by atoms with Crippen molar-refractivity contribution in [3.63, 3.8) is 0 Å². The largest absolute Gasteiger partial charge is 0.480 e. The molecule has 1 saturated heterocycles. The third-order valence-electron chi connectivity index (χ3n) is 4.22. The van der Waals surface area contributed by atoms with Gasteiger partial charge in [0.15, 0.2) is 0 Å². The van der Waals surface area contributed by atoms with Crippen molar-refractivity contribution in [2.24, 2.45) is 0 Å². The summed E-state index contributed by atoms with van der Waals surface area (Å²) in [5, 5.41) is 13.1. The summed E-state index contributed by atoms with van der Waals surface area (Å²) in [6.07, 6.45) is 0.828. The highest BCUT2D eigenvalue weighted by atomic mass is 32.2. The second kappa shape index (κ2) is 6.13. The number of hydrogen-bond acceptors (Lipinski definition) is 4. The van der Waals surface area contributed by atoms with E-state index < -0.39 is 17.4 Å². The van der Waals surface area contributed by atoms with Gasteiger partial charge in [0, 0.05) is 4.70 Å². The van der Waals surface area contributed by atoms with E-state index in [0.717, 1.165) is 10.9 Å². The van der Waals surface area contributed by atoms with Gasteiger partial charge in [-0.25, -0.2) is 9.18 Å². The molecule has 3 rings (SSSR count). The van der Waals surface area contributed by atoms with Crippen LogP contribution in [0.4, 0.5) is 4.39 Å². The molecule has 0 bridgehead atoms. The predicted octanol–water partition coefficient (Wildman–Crippen LogP) is 3.43. The first kappa shape index (κ1) is 16.3. The van der Waals surface area contributed by atoms with Gasteiger partial charge in [-0.15, -0.1) is 11.3 Å². The third kappa shape index (κ3) is 2.95. The molecule has 0 aliphatic carbocycles. The van der Waals surface area contributed by atoms with Crippen molar-refractivity contribution in [3.05, 3.63) is 34.5 Å². The maximum Gasteiger partial charge on any atom is 0.329 e. The molecule has 1 fully saturated rings. The molecule has 2 aromatic rings. The fourth-order valence-electron chi connectivity index (χ4n) is 2.80. The standard InChI is InChI=1S/C16H16FNO3S2/c1-9-11-3-2-10(17)8-12(11)23-13(9)14(19)18-16(15(20)21)4-6-22-7-5-16/h2-3,8H,4-7H2,1H3,(H,18,19)(H,20,21). The quantitative estimate of drug-likeness (QED) is 0.887. The Labute approximate surface area is 141 Å². The molecule has 122 valence electrons. The highest BCUT2D eigenvalue weighted by Crippen LogP contribution is 2.33. The normalized spacial score (nSPS) is 17.1. The number of aliphatic carboxylic acids is 1. The number of benzene rings is 1. The number of carbonyl (C=O) groups excluding carboxylic acids is 1. The van der Waals surface area contributed by atoms with E-state index in [-0.39, 0.29) is 5.82 Å². The number of hydrogen-bond donors (Lipinski definition) is 2. The van der Waals surface area contributed by atoms with E-state index in [4.69, 9.17) is 0 Å². The van der Waals surface area contributed by atoms with E-state index >= 15 is 0 Å². The van der Waals surface area contributed by atoms with Gasteiger partial charge in [0.1, 0.15) is 11.4 Å². The highest BCUT2D eigenvalue weighted by Gasteiger charge is 2.41. The zero-order valence-corrected chi connectivity index (χ0v) is 14.2. The average molecular weight is 353 g/mol. The number of carboxylic acids is 1. The van der Waals surface area contributed by atoms with E-state index in [1.54, 1.807) is 24.8 Å². The second-order valence-corrected chi connectivity index (χ2v) is 7.93. The number of halogens is 1. The van der Waals surface area contributed by atoms with E-state index in [1.807, 2.05) is 0 Å². The van der Waals surface area contributed by atoms with Crippen molar-refractivity contribution >= 4 is 45.1 Å². The van der Waals surface area contributed by atoms with Crippen molar-refractivity contribution in [1.82, 2.24) is 5.32 Å². The number of thiophene rings is 1. The van der Waals surface area contributed by atoms with Crippen LogP contribution in [0.2, 0.25) is 0 Å². The summed E-state index contributed by atoms with van der Waals surface area (Å²) in [6.45, 7) is 1.80. The lowest BCUT2D eigenvalue weighted by atomic mass is 9.92. The van der Waals surface area contributed by atoms with Crippen LogP contribution in [0.5, 0.6) is 0 Å². The Balaban J connectivity index is 1.93. The monoisotopic (exact) mass is 353 g/mol. The molecule has 0 saturated carbocycles. The SMILES string of the molecule is Cc1c(C(=O)NC2(C(=O)O)CCSCC2)sc2cc(F)ccc12. The number of rotatable bonds is 3. The minimum Gasteiger partial charge on any atom is -0.480 e. The van der Waals surface area contributed by atoms with Crippen molar-refractivity contribution in [2.45, 2.75) is 25.3 Å². The Hall–Kier alpha value is -1.60. The number of carboxylic acid groups (broad SMARTS) is 1. The summed E-state index contributed by atoms with van der Waals surface area (Å²) >= 11 is 2.89. The number of nitrogens with one attached hydrogen (secondary N) is 1. The molecule has 1 amide bonds. The maximum absolute atomic E-state index is 13.3. The highest BCUT2D eigenvalue weighted by molar-refractivity contribution is 7.99. The van der Waals surface area contributed by atoms with E-state index in [9.17, 15) is 19.1 Å². The van der Waals surface area contributed by atoms with Crippen molar-refractivity contribution in [2.75, 3.05) is 11.5 Å². The van der Waals surface area contributed by atoms with Crippen LogP contribution < -0.4 is 5.32 Å². The summed E-state index contributed by atoms with van der Waals surface area (Å²) in [6, 6.07) is 4.41. The van der Waals surface area contributed by atoms with E-state index in [2.05, 4.69) is 5.32 Å². The first-order valence-corrected chi connectivity index (χ1v) is 9.22. The molecule has 23 heavy (non-hydrogen) atoms. The van der Waals surface area contributed by atoms with Gasteiger partial charge in [0.05, 0.1) is 4.88 Å². The van der Waals surface area contributed by atoms with Gasteiger partial charge >= 0.3 is 5.97 Å². The molecule has 0 unspecified atom stereocenters. The summed E-state index contributed by atoms with van der Waals surface area (Å²) < 4.78 is 14.0.